The second-order valence-corrected chi connectivity index (χ2v) is 5.24. The standard InChI is InChI=1S/C17H18N2/c1-11-5-7-14(8-6-11)17-13(3)15-9-12(2)18-10-16(15)19(17)4/h5-10H,1-4H3. The number of rotatable bonds is 1. The fourth-order valence-electron chi connectivity index (χ4n) is 2.74. The van der Waals surface area contributed by atoms with Crippen molar-refractivity contribution in [3.05, 3.63) is 53.3 Å². The predicted octanol–water partition coefficient (Wildman–Crippen LogP) is 4.17. The van der Waals surface area contributed by atoms with Crippen LogP contribution in [0.25, 0.3) is 22.2 Å². The molecule has 0 N–H and O–H groups in total. The van der Waals surface area contributed by atoms with Crippen LogP contribution in [0, 0.1) is 20.8 Å². The first-order valence-corrected chi connectivity index (χ1v) is 6.56. The lowest BCUT2D eigenvalue weighted by atomic mass is 10.1. The number of pyridine rings is 1. The molecule has 3 aromatic rings. The second kappa shape index (κ2) is 4.23. The van der Waals surface area contributed by atoms with E-state index in [0.717, 1.165) is 5.69 Å². The zero-order valence-corrected chi connectivity index (χ0v) is 11.9. The molecule has 2 aromatic heterocycles. The van der Waals surface area contributed by atoms with Crippen molar-refractivity contribution in [2.45, 2.75) is 20.8 Å². The Hall–Kier alpha value is -2.09. The van der Waals surface area contributed by atoms with Crippen LogP contribution in [0.4, 0.5) is 0 Å². The van der Waals surface area contributed by atoms with Gasteiger partial charge in [-0.05, 0) is 38.0 Å². The molecule has 0 atom stereocenters. The Morgan fingerprint density at radius 3 is 2.37 bits per heavy atom. The minimum atomic E-state index is 1.07. The molecule has 0 aliphatic carbocycles. The van der Waals surface area contributed by atoms with Gasteiger partial charge in [0.25, 0.3) is 0 Å². The highest BCUT2D eigenvalue weighted by Gasteiger charge is 2.13. The van der Waals surface area contributed by atoms with Crippen LogP contribution >= 0.6 is 0 Å². The molecule has 96 valence electrons. The topological polar surface area (TPSA) is 17.8 Å². The van der Waals surface area contributed by atoms with Gasteiger partial charge in [0, 0.05) is 18.1 Å². The van der Waals surface area contributed by atoms with E-state index >= 15 is 0 Å². The maximum absolute atomic E-state index is 4.41. The molecule has 0 bridgehead atoms. The molecule has 0 saturated carbocycles. The van der Waals surface area contributed by atoms with Gasteiger partial charge in [-0.15, -0.1) is 0 Å². The van der Waals surface area contributed by atoms with Crippen molar-refractivity contribution < 1.29 is 0 Å². The van der Waals surface area contributed by atoms with Gasteiger partial charge < -0.3 is 4.57 Å². The molecule has 1 aromatic carbocycles. The highest BCUT2D eigenvalue weighted by Crippen LogP contribution is 2.32. The van der Waals surface area contributed by atoms with Gasteiger partial charge in [-0.25, -0.2) is 0 Å². The van der Waals surface area contributed by atoms with E-state index in [9.17, 15) is 0 Å². The Kier molecular flexibility index (Phi) is 2.67. The summed E-state index contributed by atoms with van der Waals surface area (Å²) in [5.41, 5.74) is 7.42. The van der Waals surface area contributed by atoms with Gasteiger partial charge >= 0.3 is 0 Å². The highest BCUT2D eigenvalue weighted by atomic mass is 15.0. The third kappa shape index (κ3) is 1.84. The van der Waals surface area contributed by atoms with Crippen LogP contribution in [-0.4, -0.2) is 9.55 Å². The Bertz CT molecular complexity index is 749. The molecule has 19 heavy (non-hydrogen) atoms. The smallest absolute Gasteiger partial charge is 0.0672 e. The van der Waals surface area contributed by atoms with E-state index in [2.05, 4.69) is 60.8 Å². The van der Waals surface area contributed by atoms with Gasteiger partial charge in [0.15, 0.2) is 0 Å². The molecule has 0 radical (unpaired) electrons. The van der Waals surface area contributed by atoms with Gasteiger partial charge in [0.2, 0.25) is 0 Å². The summed E-state index contributed by atoms with van der Waals surface area (Å²) in [6, 6.07) is 10.9. The number of hydrogen-bond donors (Lipinski definition) is 0. The minimum absolute atomic E-state index is 1.07. The summed E-state index contributed by atoms with van der Waals surface area (Å²) in [6.07, 6.45) is 1.97. The summed E-state index contributed by atoms with van der Waals surface area (Å²) in [4.78, 5) is 4.41. The van der Waals surface area contributed by atoms with Crippen LogP contribution in [0.1, 0.15) is 16.8 Å². The summed E-state index contributed by atoms with van der Waals surface area (Å²) in [7, 11) is 2.11. The Labute approximate surface area is 113 Å². The predicted molar refractivity (Wildman–Crippen MR) is 80.4 cm³/mol. The third-order valence-corrected chi connectivity index (χ3v) is 3.80. The van der Waals surface area contributed by atoms with Crippen molar-refractivity contribution in [2.24, 2.45) is 7.05 Å². The fraction of sp³-hybridized carbons (Fsp3) is 0.235. The molecule has 0 saturated heterocycles. The average Bonchev–Trinajstić information content (AvgIpc) is 2.63. The monoisotopic (exact) mass is 250 g/mol. The van der Waals surface area contributed by atoms with Crippen molar-refractivity contribution in [2.75, 3.05) is 0 Å². The first-order valence-electron chi connectivity index (χ1n) is 6.56. The number of hydrogen-bond acceptors (Lipinski definition) is 1. The molecule has 0 unspecified atom stereocenters. The molecular weight excluding hydrogens is 232 g/mol. The maximum atomic E-state index is 4.41. The Morgan fingerprint density at radius 1 is 1.00 bits per heavy atom. The van der Waals surface area contributed by atoms with Crippen molar-refractivity contribution in [1.29, 1.82) is 0 Å². The molecule has 0 amide bonds. The van der Waals surface area contributed by atoms with Gasteiger partial charge in [-0.1, -0.05) is 29.8 Å². The number of aryl methyl sites for hydroxylation is 4. The molecule has 2 nitrogen and oxygen atoms in total. The molecule has 0 spiro atoms. The molecule has 3 rings (SSSR count). The maximum Gasteiger partial charge on any atom is 0.0672 e. The van der Waals surface area contributed by atoms with Gasteiger partial charge in [-0.3, -0.25) is 4.98 Å². The number of benzene rings is 1. The van der Waals surface area contributed by atoms with E-state index < -0.39 is 0 Å². The van der Waals surface area contributed by atoms with E-state index in [1.807, 2.05) is 13.1 Å². The largest absolute Gasteiger partial charge is 0.342 e. The summed E-state index contributed by atoms with van der Waals surface area (Å²) in [6.45, 7) is 6.35. The van der Waals surface area contributed by atoms with Crippen LogP contribution in [0.5, 0.6) is 0 Å². The van der Waals surface area contributed by atoms with E-state index in [4.69, 9.17) is 0 Å². The SMILES string of the molecule is Cc1ccc(-c2c(C)c3cc(C)ncc3n2C)cc1. The van der Waals surface area contributed by atoms with Gasteiger partial charge in [0.05, 0.1) is 17.4 Å². The van der Waals surface area contributed by atoms with Gasteiger partial charge in [-0.2, -0.15) is 0 Å². The van der Waals surface area contributed by atoms with Crippen molar-refractivity contribution in [1.82, 2.24) is 9.55 Å². The van der Waals surface area contributed by atoms with E-state index in [1.54, 1.807) is 0 Å². The molecule has 2 heteroatoms. The Balaban J connectivity index is 2.32. The Morgan fingerprint density at radius 2 is 1.68 bits per heavy atom. The van der Waals surface area contributed by atoms with Crippen LogP contribution in [0.15, 0.2) is 36.5 Å². The lowest BCUT2D eigenvalue weighted by Crippen LogP contribution is -1.92. The number of nitrogens with zero attached hydrogens (tertiary/aromatic N) is 2. The van der Waals surface area contributed by atoms with Crippen LogP contribution in [0.2, 0.25) is 0 Å². The molecule has 0 aliphatic rings. The van der Waals surface area contributed by atoms with Crippen LogP contribution in [0.3, 0.4) is 0 Å². The molecule has 0 fully saturated rings. The average molecular weight is 250 g/mol. The van der Waals surface area contributed by atoms with Crippen molar-refractivity contribution in [3.63, 3.8) is 0 Å². The first-order chi connectivity index (χ1) is 9.08. The summed E-state index contributed by atoms with van der Waals surface area (Å²) in [5, 5.41) is 1.30. The molecular formula is C17H18N2. The minimum Gasteiger partial charge on any atom is -0.342 e. The zero-order chi connectivity index (χ0) is 13.6. The molecule has 2 heterocycles. The number of aromatic nitrogens is 2. The van der Waals surface area contributed by atoms with Crippen molar-refractivity contribution in [3.8, 4) is 11.3 Å². The number of fused-ring (bicyclic) bond motifs is 1. The highest BCUT2D eigenvalue weighted by molar-refractivity contribution is 5.91. The summed E-state index contributed by atoms with van der Waals surface area (Å²) < 4.78 is 2.24. The van der Waals surface area contributed by atoms with E-state index in [-0.39, 0.29) is 0 Å². The quantitative estimate of drug-likeness (QED) is 0.634. The summed E-state index contributed by atoms with van der Waals surface area (Å²) in [5.74, 6) is 0. The lowest BCUT2D eigenvalue weighted by molar-refractivity contribution is 0.968. The third-order valence-electron chi connectivity index (χ3n) is 3.80. The normalized spacial score (nSPS) is 11.2. The summed E-state index contributed by atoms with van der Waals surface area (Å²) >= 11 is 0. The lowest BCUT2D eigenvalue weighted by Gasteiger charge is -2.06. The van der Waals surface area contributed by atoms with Crippen molar-refractivity contribution >= 4 is 10.9 Å². The fourth-order valence-corrected chi connectivity index (χ4v) is 2.74. The second-order valence-electron chi connectivity index (χ2n) is 5.24. The van der Waals surface area contributed by atoms with Gasteiger partial charge in [0.1, 0.15) is 0 Å². The zero-order valence-electron chi connectivity index (χ0n) is 11.9. The van der Waals surface area contributed by atoms with E-state index in [0.29, 0.717) is 0 Å². The van der Waals surface area contributed by atoms with Crippen LogP contribution < -0.4 is 0 Å². The molecule has 0 aliphatic heterocycles. The first kappa shape index (κ1) is 12.0. The van der Waals surface area contributed by atoms with E-state index in [1.165, 1.54) is 33.3 Å². The van der Waals surface area contributed by atoms with Crippen LogP contribution in [-0.2, 0) is 7.05 Å².